The van der Waals surface area contributed by atoms with Gasteiger partial charge < -0.3 is 14.5 Å². The number of benzene rings is 1. The van der Waals surface area contributed by atoms with Gasteiger partial charge in [0.2, 0.25) is 5.91 Å². The number of amides is 2. The van der Waals surface area contributed by atoms with Gasteiger partial charge in [-0.05, 0) is 22.6 Å². The van der Waals surface area contributed by atoms with Gasteiger partial charge >= 0.3 is 0 Å². The van der Waals surface area contributed by atoms with Crippen molar-refractivity contribution in [2.45, 2.75) is 39.2 Å². The number of aromatic nitrogens is 1. The number of hydrogen-bond acceptors (Lipinski definition) is 4. The van der Waals surface area contributed by atoms with Crippen molar-refractivity contribution in [2.75, 3.05) is 33.8 Å². The molecule has 1 aromatic heterocycles. The zero-order chi connectivity index (χ0) is 22.6. The lowest BCUT2D eigenvalue weighted by atomic mass is 9.86. The summed E-state index contributed by atoms with van der Waals surface area (Å²) in [4.78, 5) is 33.9. The Hall–Kier alpha value is -2.73. The molecule has 1 fully saturated rings. The first-order valence-electron chi connectivity index (χ1n) is 10.7. The van der Waals surface area contributed by atoms with Crippen LogP contribution in [0.4, 0.5) is 0 Å². The van der Waals surface area contributed by atoms with E-state index in [-0.39, 0.29) is 23.8 Å². The fraction of sp³-hybridized carbons (Fsp3) is 0.480. The fourth-order valence-electron chi connectivity index (χ4n) is 4.07. The van der Waals surface area contributed by atoms with Crippen LogP contribution in [-0.2, 0) is 20.7 Å². The summed E-state index contributed by atoms with van der Waals surface area (Å²) in [6.07, 6.45) is 4.38. The highest BCUT2D eigenvalue weighted by Gasteiger charge is 2.46. The van der Waals surface area contributed by atoms with E-state index >= 15 is 0 Å². The number of ether oxygens (including phenoxy) is 1. The first-order valence-corrected chi connectivity index (χ1v) is 10.7. The monoisotopic (exact) mass is 423 g/mol. The van der Waals surface area contributed by atoms with Crippen LogP contribution >= 0.6 is 0 Å². The van der Waals surface area contributed by atoms with Crippen molar-refractivity contribution in [1.29, 1.82) is 0 Å². The van der Waals surface area contributed by atoms with Crippen LogP contribution in [0, 0.1) is 5.41 Å². The minimum atomic E-state index is -1.12. The van der Waals surface area contributed by atoms with Gasteiger partial charge in [0.05, 0.1) is 13.2 Å². The van der Waals surface area contributed by atoms with Crippen LogP contribution < -0.4 is 0 Å². The average molecular weight is 424 g/mol. The van der Waals surface area contributed by atoms with Crippen molar-refractivity contribution in [3.63, 3.8) is 0 Å². The molecule has 1 aliphatic rings. The molecule has 0 bridgehead atoms. The maximum absolute atomic E-state index is 13.4. The predicted octanol–water partition coefficient (Wildman–Crippen LogP) is 3.41. The Labute approximate surface area is 185 Å². The summed E-state index contributed by atoms with van der Waals surface area (Å²) in [6, 6.07) is 11.9. The van der Waals surface area contributed by atoms with Crippen LogP contribution in [0.2, 0.25) is 0 Å². The summed E-state index contributed by atoms with van der Waals surface area (Å²) in [7, 11) is 3.47. The standard InChI is InChI=1S/C25H33N3O3/c1-24(2,3)16-22(29)28-13-14-31-25(18-28,23(30)27(4)5)15-19-9-6-7-11-21(19)20-10-8-12-26-17-20/h6-12,17H,13-16,18H2,1-5H3/t25-/m0/s1. The van der Waals surface area contributed by atoms with E-state index in [1.807, 2.05) is 63.4 Å². The number of nitrogens with zero attached hydrogens (tertiary/aromatic N) is 3. The molecule has 1 aliphatic heterocycles. The zero-order valence-corrected chi connectivity index (χ0v) is 19.2. The van der Waals surface area contributed by atoms with E-state index in [0.29, 0.717) is 26.0 Å². The summed E-state index contributed by atoms with van der Waals surface area (Å²) in [5.74, 6) is -0.0611. The lowest BCUT2D eigenvalue weighted by molar-refractivity contribution is -0.173. The van der Waals surface area contributed by atoms with Gasteiger partial charge in [-0.1, -0.05) is 51.1 Å². The highest BCUT2D eigenvalue weighted by atomic mass is 16.5. The van der Waals surface area contributed by atoms with Crippen molar-refractivity contribution >= 4 is 11.8 Å². The first kappa shape index (κ1) is 22.9. The fourth-order valence-corrected chi connectivity index (χ4v) is 4.07. The van der Waals surface area contributed by atoms with Gasteiger partial charge in [0.25, 0.3) is 5.91 Å². The molecule has 1 aromatic carbocycles. The number of pyridine rings is 1. The number of likely N-dealkylation sites (N-methyl/N-ethyl adjacent to an activating group) is 1. The molecule has 6 heteroatoms. The van der Waals surface area contributed by atoms with E-state index in [9.17, 15) is 9.59 Å². The summed E-state index contributed by atoms with van der Waals surface area (Å²) in [5.41, 5.74) is 1.77. The second kappa shape index (κ2) is 9.18. The summed E-state index contributed by atoms with van der Waals surface area (Å²) in [5, 5.41) is 0. The van der Waals surface area contributed by atoms with Gasteiger partial charge in [-0.3, -0.25) is 14.6 Å². The summed E-state index contributed by atoms with van der Waals surface area (Å²) >= 11 is 0. The largest absolute Gasteiger partial charge is 0.361 e. The minimum absolute atomic E-state index is 0.0623. The molecule has 0 radical (unpaired) electrons. The average Bonchev–Trinajstić information content (AvgIpc) is 2.73. The highest BCUT2D eigenvalue weighted by Crippen LogP contribution is 2.32. The molecule has 1 saturated heterocycles. The molecule has 2 aromatic rings. The number of morpholine rings is 1. The molecule has 0 unspecified atom stereocenters. The van der Waals surface area contributed by atoms with E-state index in [1.165, 1.54) is 0 Å². The second-order valence-corrected chi connectivity index (χ2v) is 9.67. The lowest BCUT2D eigenvalue weighted by Gasteiger charge is -2.43. The third-order valence-electron chi connectivity index (χ3n) is 5.48. The Morgan fingerprint density at radius 2 is 1.90 bits per heavy atom. The lowest BCUT2D eigenvalue weighted by Crippen LogP contribution is -2.62. The zero-order valence-electron chi connectivity index (χ0n) is 19.2. The molecule has 6 nitrogen and oxygen atoms in total. The van der Waals surface area contributed by atoms with Gasteiger partial charge in [0, 0.05) is 51.4 Å². The van der Waals surface area contributed by atoms with Crippen molar-refractivity contribution in [3.05, 3.63) is 54.4 Å². The van der Waals surface area contributed by atoms with Crippen LogP contribution in [0.1, 0.15) is 32.8 Å². The molecular weight excluding hydrogens is 390 g/mol. The molecule has 2 heterocycles. The number of carbonyl (C=O) groups excluding carboxylic acids is 2. The van der Waals surface area contributed by atoms with Gasteiger partial charge in [0.1, 0.15) is 0 Å². The Kier molecular flexibility index (Phi) is 6.80. The molecule has 166 valence electrons. The molecular formula is C25H33N3O3. The van der Waals surface area contributed by atoms with Crippen LogP contribution in [0.15, 0.2) is 48.8 Å². The second-order valence-electron chi connectivity index (χ2n) is 9.67. The quantitative estimate of drug-likeness (QED) is 0.739. The van der Waals surface area contributed by atoms with E-state index in [2.05, 4.69) is 4.98 Å². The van der Waals surface area contributed by atoms with Crippen molar-refractivity contribution < 1.29 is 14.3 Å². The van der Waals surface area contributed by atoms with Crippen LogP contribution in [-0.4, -0.2) is 66.0 Å². The maximum Gasteiger partial charge on any atom is 0.256 e. The Morgan fingerprint density at radius 3 is 2.55 bits per heavy atom. The molecule has 3 rings (SSSR count). The van der Waals surface area contributed by atoms with E-state index < -0.39 is 5.60 Å². The molecule has 0 N–H and O–H groups in total. The van der Waals surface area contributed by atoms with Gasteiger partial charge in [-0.15, -0.1) is 0 Å². The Bertz CT molecular complexity index is 921. The van der Waals surface area contributed by atoms with Gasteiger partial charge in [0.15, 0.2) is 5.60 Å². The molecule has 0 aliphatic carbocycles. The Morgan fingerprint density at radius 1 is 1.16 bits per heavy atom. The number of rotatable bonds is 5. The molecule has 31 heavy (non-hydrogen) atoms. The SMILES string of the molecule is CN(C)C(=O)[C@]1(Cc2ccccc2-c2cccnc2)CN(C(=O)CC(C)(C)C)CCO1. The van der Waals surface area contributed by atoms with Gasteiger partial charge in [-0.2, -0.15) is 0 Å². The maximum atomic E-state index is 13.4. The minimum Gasteiger partial charge on any atom is -0.361 e. The van der Waals surface area contributed by atoms with Crippen LogP contribution in [0.3, 0.4) is 0 Å². The molecule has 1 atom stereocenters. The Balaban J connectivity index is 1.96. The van der Waals surface area contributed by atoms with Crippen molar-refractivity contribution in [2.24, 2.45) is 5.41 Å². The predicted molar refractivity (Wildman–Crippen MR) is 121 cm³/mol. The van der Waals surface area contributed by atoms with E-state index in [4.69, 9.17) is 4.74 Å². The molecule has 0 saturated carbocycles. The smallest absolute Gasteiger partial charge is 0.256 e. The van der Waals surface area contributed by atoms with Crippen LogP contribution in [0.25, 0.3) is 11.1 Å². The highest BCUT2D eigenvalue weighted by molar-refractivity contribution is 5.87. The summed E-state index contributed by atoms with van der Waals surface area (Å²) < 4.78 is 6.19. The van der Waals surface area contributed by atoms with Crippen molar-refractivity contribution in [1.82, 2.24) is 14.8 Å². The van der Waals surface area contributed by atoms with Crippen molar-refractivity contribution in [3.8, 4) is 11.1 Å². The number of carbonyl (C=O) groups is 2. The number of hydrogen-bond donors (Lipinski definition) is 0. The third-order valence-corrected chi connectivity index (χ3v) is 5.48. The topological polar surface area (TPSA) is 62.7 Å². The van der Waals surface area contributed by atoms with E-state index in [0.717, 1.165) is 16.7 Å². The molecule has 0 spiro atoms. The molecule has 2 amide bonds. The van der Waals surface area contributed by atoms with E-state index in [1.54, 1.807) is 30.1 Å². The third kappa shape index (κ3) is 5.50. The van der Waals surface area contributed by atoms with Gasteiger partial charge in [-0.25, -0.2) is 0 Å². The first-order chi connectivity index (χ1) is 14.6. The summed E-state index contributed by atoms with van der Waals surface area (Å²) in [6.45, 7) is 7.24. The normalized spacial score (nSPS) is 19.2. The van der Waals surface area contributed by atoms with Crippen LogP contribution in [0.5, 0.6) is 0 Å².